The van der Waals surface area contributed by atoms with Gasteiger partial charge in [-0.3, -0.25) is 10.2 Å². The van der Waals surface area contributed by atoms with Crippen LogP contribution in [0.1, 0.15) is 10.7 Å². The number of carbonyl (C=O) groups is 1. The van der Waals surface area contributed by atoms with E-state index < -0.39 is 5.91 Å². The first-order valence-corrected chi connectivity index (χ1v) is 8.28. The van der Waals surface area contributed by atoms with Crippen LogP contribution in [-0.4, -0.2) is 17.5 Å². The van der Waals surface area contributed by atoms with E-state index in [-0.39, 0.29) is 6.61 Å². The average Bonchev–Trinajstić information content (AvgIpc) is 2.97. The zero-order chi connectivity index (χ0) is 17.5. The van der Waals surface area contributed by atoms with Crippen LogP contribution in [0.25, 0.3) is 5.57 Å². The zero-order valence-corrected chi connectivity index (χ0v) is 14.8. The van der Waals surface area contributed by atoms with Crippen LogP contribution in [0.3, 0.4) is 0 Å². The molecule has 0 unspecified atom stereocenters. The van der Waals surface area contributed by atoms with Crippen molar-refractivity contribution in [2.45, 2.75) is 6.92 Å². The minimum absolute atomic E-state index is 0.250. The SMILES string of the molecule is Cc1csc(/C(C#N)=C/NNC(=O)COc2ccc(Cl)cc2Cl)n1. The van der Waals surface area contributed by atoms with Crippen LogP contribution in [0.5, 0.6) is 5.75 Å². The topological polar surface area (TPSA) is 87.0 Å². The molecule has 9 heteroatoms. The number of nitrogens with zero attached hydrogens (tertiary/aromatic N) is 2. The summed E-state index contributed by atoms with van der Waals surface area (Å²) in [5, 5.41) is 12.3. The summed E-state index contributed by atoms with van der Waals surface area (Å²) in [6.45, 7) is 1.59. The summed E-state index contributed by atoms with van der Waals surface area (Å²) in [5.41, 5.74) is 6.09. The molecule has 0 aliphatic rings. The number of benzene rings is 1. The molecule has 0 aliphatic heterocycles. The van der Waals surface area contributed by atoms with Crippen LogP contribution in [0.4, 0.5) is 0 Å². The van der Waals surface area contributed by atoms with Crippen LogP contribution in [-0.2, 0) is 4.79 Å². The fourth-order valence-corrected chi connectivity index (χ4v) is 2.81. The second-order valence-electron chi connectivity index (χ2n) is 4.52. The van der Waals surface area contributed by atoms with Gasteiger partial charge in [-0.05, 0) is 25.1 Å². The number of hydrogen-bond acceptors (Lipinski definition) is 6. The lowest BCUT2D eigenvalue weighted by Crippen LogP contribution is -2.37. The Morgan fingerprint density at radius 1 is 1.50 bits per heavy atom. The molecule has 0 saturated heterocycles. The highest BCUT2D eigenvalue weighted by atomic mass is 35.5. The van der Waals surface area contributed by atoms with E-state index in [1.165, 1.54) is 23.6 Å². The fourth-order valence-electron chi connectivity index (χ4n) is 1.58. The Morgan fingerprint density at radius 3 is 2.92 bits per heavy atom. The third-order valence-corrected chi connectivity index (χ3v) is 4.17. The van der Waals surface area contributed by atoms with Crippen molar-refractivity contribution in [3.8, 4) is 11.8 Å². The molecule has 0 atom stereocenters. The molecular weight excluding hydrogens is 371 g/mol. The highest BCUT2D eigenvalue weighted by molar-refractivity contribution is 7.10. The molecule has 24 heavy (non-hydrogen) atoms. The Morgan fingerprint density at radius 2 is 2.29 bits per heavy atom. The maximum Gasteiger partial charge on any atom is 0.276 e. The van der Waals surface area contributed by atoms with Gasteiger partial charge in [-0.15, -0.1) is 11.3 Å². The van der Waals surface area contributed by atoms with E-state index in [1.807, 2.05) is 18.4 Å². The van der Waals surface area contributed by atoms with Crippen molar-refractivity contribution in [3.63, 3.8) is 0 Å². The Labute approximate surface area is 152 Å². The van der Waals surface area contributed by atoms with Gasteiger partial charge in [-0.25, -0.2) is 4.98 Å². The lowest BCUT2D eigenvalue weighted by Gasteiger charge is -2.08. The number of nitrogens with one attached hydrogen (secondary N) is 2. The van der Waals surface area contributed by atoms with Crippen molar-refractivity contribution in [1.82, 2.24) is 15.8 Å². The predicted octanol–water partition coefficient (Wildman–Crippen LogP) is 3.32. The minimum atomic E-state index is -0.440. The molecule has 1 heterocycles. The number of rotatable bonds is 6. The van der Waals surface area contributed by atoms with Gasteiger partial charge in [-0.1, -0.05) is 23.2 Å². The molecule has 0 radical (unpaired) electrons. The van der Waals surface area contributed by atoms with Crippen LogP contribution < -0.4 is 15.6 Å². The van der Waals surface area contributed by atoms with Gasteiger partial charge in [0.15, 0.2) is 6.61 Å². The second kappa shape index (κ2) is 8.55. The number of ether oxygens (including phenoxy) is 1. The fraction of sp³-hybridized carbons (Fsp3) is 0.133. The summed E-state index contributed by atoms with van der Waals surface area (Å²) in [6, 6.07) is 6.71. The standard InChI is InChI=1S/C15H12Cl2N4O2S/c1-9-8-24-15(20-9)10(5-18)6-19-21-14(22)7-23-13-3-2-11(16)4-12(13)17/h2-4,6,8,19H,7H2,1H3,(H,21,22)/b10-6+. The molecule has 1 aromatic carbocycles. The van der Waals surface area contributed by atoms with Crippen molar-refractivity contribution in [2.75, 3.05) is 6.61 Å². The summed E-state index contributed by atoms with van der Waals surface area (Å²) >= 11 is 13.1. The lowest BCUT2D eigenvalue weighted by molar-refractivity contribution is -0.123. The number of amides is 1. The predicted molar refractivity (Wildman–Crippen MR) is 93.7 cm³/mol. The van der Waals surface area contributed by atoms with Gasteiger partial charge in [0, 0.05) is 22.3 Å². The van der Waals surface area contributed by atoms with Gasteiger partial charge in [0.25, 0.3) is 5.91 Å². The molecule has 2 rings (SSSR count). The molecule has 0 saturated carbocycles. The normalized spacial score (nSPS) is 10.8. The number of hydrazine groups is 1. The highest BCUT2D eigenvalue weighted by Crippen LogP contribution is 2.27. The zero-order valence-electron chi connectivity index (χ0n) is 12.5. The summed E-state index contributed by atoms with van der Waals surface area (Å²) in [7, 11) is 0. The van der Waals surface area contributed by atoms with Gasteiger partial charge >= 0.3 is 0 Å². The smallest absolute Gasteiger partial charge is 0.276 e. The number of aryl methyl sites for hydroxylation is 1. The van der Waals surface area contributed by atoms with E-state index in [0.717, 1.165) is 5.69 Å². The first-order valence-electron chi connectivity index (χ1n) is 6.64. The van der Waals surface area contributed by atoms with Crippen LogP contribution in [0.2, 0.25) is 10.0 Å². The molecular formula is C15H12Cl2N4O2S. The molecule has 0 fully saturated rings. The van der Waals surface area contributed by atoms with Crippen molar-refractivity contribution < 1.29 is 9.53 Å². The maximum atomic E-state index is 11.7. The summed E-state index contributed by atoms with van der Waals surface area (Å²) in [5.74, 6) is -0.0902. The molecule has 0 spiro atoms. The first kappa shape index (κ1) is 18.1. The van der Waals surface area contributed by atoms with E-state index in [1.54, 1.807) is 12.1 Å². The molecule has 2 aromatic rings. The molecule has 1 amide bonds. The van der Waals surface area contributed by atoms with E-state index in [0.29, 0.717) is 26.4 Å². The number of allylic oxidation sites excluding steroid dienone is 1. The van der Waals surface area contributed by atoms with Crippen LogP contribution in [0.15, 0.2) is 29.8 Å². The number of aromatic nitrogens is 1. The third-order valence-electron chi connectivity index (χ3n) is 2.65. The molecule has 6 nitrogen and oxygen atoms in total. The average molecular weight is 383 g/mol. The second-order valence-corrected chi connectivity index (χ2v) is 6.22. The van der Waals surface area contributed by atoms with Gasteiger partial charge < -0.3 is 10.2 Å². The third kappa shape index (κ3) is 5.13. The van der Waals surface area contributed by atoms with Gasteiger partial charge in [0.1, 0.15) is 22.4 Å². The van der Waals surface area contributed by atoms with Crippen molar-refractivity contribution in [1.29, 1.82) is 5.26 Å². The minimum Gasteiger partial charge on any atom is -0.482 e. The van der Waals surface area contributed by atoms with Crippen molar-refractivity contribution in [2.24, 2.45) is 0 Å². The largest absolute Gasteiger partial charge is 0.482 e. The number of thiazole rings is 1. The Hall–Kier alpha value is -2.27. The molecule has 124 valence electrons. The Balaban J connectivity index is 1.84. The van der Waals surface area contributed by atoms with E-state index in [2.05, 4.69) is 15.8 Å². The lowest BCUT2D eigenvalue weighted by atomic mass is 10.3. The van der Waals surface area contributed by atoms with Crippen molar-refractivity contribution >= 4 is 46.0 Å². The Bertz CT molecular complexity index is 814. The number of carbonyl (C=O) groups excluding carboxylic acids is 1. The molecule has 2 N–H and O–H groups in total. The van der Waals surface area contributed by atoms with Crippen molar-refractivity contribution in [3.05, 3.63) is 50.5 Å². The van der Waals surface area contributed by atoms with Gasteiger partial charge in [-0.2, -0.15) is 5.26 Å². The quantitative estimate of drug-likeness (QED) is 0.590. The van der Waals surface area contributed by atoms with E-state index in [9.17, 15) is 4.79 Å². The molecule has 0 bridgehead atoms. The summed E-state index contributed by atoms with van der Waals surface area (Å²) in [6.07, 6.45) is 1.37. The maximum absolute atomic E-state index is 11.7. The summed E-state index contributed by atoms with van der Waals surface area (Å²) in [4.78, 5) is 15.9. The first-order chi connectivity index (χ1) is 11.5. The van der Waals surface area contributed by atoms with Gasteiger partial charge in [0.05, 0.1) is 5.02 Å². The van der Waals surface area contributed by atoms with Gasteiger partial charge in [0.2, 0.25) is 0 Å². The molecule has 0 aliphatic carbocycles. The van der Waals surface area contributed by atoms with E-state index in [4.69, 9.17) is 33.2 Å². The van der Waals surface area contributed by atoms with Crippen LogP contribution >= 0.6 is 34.5 Å². The van der Waals surface area contributed by atoms with E-state index >= 15 is 0 Å². The number of nitriles is 1. The number of halogens is 2. The monoisotopic (exact) mass is 382 g/mol. The summed E-state index contributed by atoms with van der Waals surface area (Å²) < 4.78 is 5.29. The number of hydrogen-bond donors (Lipinski definition) is 2. The van der Waals surface area contributed by atoms with Crippen LogP contribution in [0, 0.1) is 18.3 Å². The molecule has 1 aromatic heterocycles. The Kier molecular flexibility index (Phi) is 6.44. The highest BCUT2D eigenvalue weighted by Gasteiger charge is 2.07.